The average Bonchev–Trinajstić information content (AvgIpc) is 3.18. The fourth-order valence-electron chi connectivity index (χ4n) is 4.04. The summed E-state index contributed by atoms with van der Waals surface area (Å²) in [6.07, 6.45) is 2.11. The Bertz CT molecular complexity index is 1360. The Hall–Kier alpha value is -2.49. The minimum absolute atomic E-state index is 0.151. The maximum atomic E-state index is 13.5. The lowest BCUT2D eigenvalue weighted by Crippen LogP contribution is -2.31. The van der Waals surface area contributed by atoms with E-state index in [0.717, 1.165) is 10.9 Å². The summed E-state index contributed by atoms with van der Waals surface area (Å²) in [7, 11) is -7.46. The molecule has 0 radical (unpaired) electrons. The molecule has 1 aromatic heterocycles. The summed E-state index contributed by atoms with van der Waals surface area (Å²) in [6.45, 7) is 6.52. The topological polar surface area (TPSA) is 87.7 Å². The van der Waals surface area contributed by atoms with Gasteiger partial charge >= 0.3 is 0 Å². The molecule has 0 saturated heterocycles. The van der Waals surface area contributed by atoms with Crippen LogP contribution in [0.4, 0.5) is 5.69 Å². The second-order valence-corrected chi connectivity index (χ2v) is 11.3. The second-order valence-electron chi connectivity index (χ2n) is 7.55. The van der Waals surface area contributed by atoms with Crippen LogP contribution in [0.5, 0.6) is 0 Å². The standard InChI is InChI=1S/C22H25N3O4S2/c1-4-24(5-2)30(26,27)19-9-10-20-17(14-19)11-12-25(20)31(28,29)21-8-6-7-18-13-16(3)15-23-22(18)21/h6-10,13-15H,4-5,11-12H2,1-3H3. The van der Waals surface area contributed by atoms with Crippen molar-refractivity contribution < 1.29 is 16.8 Å². The first kappa shape index (κ1) is 21.7. The first-order valence-electron chi connectivity index (χ1n) is 10.2. The molecule has 1 aliphatic rings. The quantitative estimate of drug-likeness (QED) is 0.564. The zero-order valence-corrected chi connectivity index (χ0v) is 19.4. The van der Waals surface area contributed by atoms with Crippen LogP contribution in [0.1, 0.15) is 25.0 Å². The van der Waals surface area contributed by atoms with Crippen LogP contribution in [-0.4, -0.2) is 45.8 Å². The highest BCUT2D eigenvalue weighted by Crippen LogP contribution is 2.36. The second kappa shape index (κ2) is 7.89. The predicted molar refractivity (Wildman–Crippen MR) is 121 cm³/mol. The molecule has 0 unspecified atom stereocenters. The van der Waals surface area contributed by atoms with Gasteiger partial charge in [-0.2, -0.15) is 4.31 Å². The van der Waals surface area contributed by atoms with E-state index in [0.29, 0.717) is 36.3 Å². The molecule has 0 saturated carbocycles. The number of hydrogen-bond donors (Lipinski definition) is 0. The Morgan fingerprint density at radius 1 is 1.03 bits per heavy atom. The van der Waals surface area contributed by atoms with Gasteiger partial charge in [0.25, 0.3) is 10.0 Å². The van der Waals surface area contributed by atoms with Crippen molar-refractivity contribution in [3.05, 3.63) is 59.8 Å². The molecule has 2 heterocycles. The third kappa shape index (κ3) is 3.60. The third-order valence-electron chi connectivity index (χ3n) is 5.63. The number of benzene rings is 2. The lowest BCUT2D eigenvalue weighted by molar-refractivity contribution is 0.445. The van der Waals surface area contributed by atoms with Crippen molar-refractivity contribution >= 4 is 36.6 Å². The Morgan fingerprint density at radius 3 is 2.48 bits per heavy atom. The molecule has 9 heteroatoms. The minimum Gasteiger partial charge on any atom is -0.266 e. The van der Waals surface area contributed by atoms with Crippen molar-refractivity contribution in [1.29, 1.82) is 0 Å². The van der Waals surface area contributed by atoms with Crippen molar-refractivity contribution in [2.75, 3.05) is 23.9 Å². The Kier molecular flexibility index (Phi) is 5.53. The van der Waals surface area contributed by atoms with E-state index in [2.05, 4.69) is 4.98 Å². The summed E-state index contributed by atoms with van der Waals surface area (Å²) in [5.74, 6) is 0. The van der Waals surface area contributed by atoms with E-state index in [1.807, 2.05) is 19.1 Å². The number of aryl methyl sites for hydroxylation is 1. The summed E-state index contributed by atoms with van der Waals surface area (Å²) in [4.78, 5) is 4.71. The lowest BCUT2D eigenvalue weighted by Gasteiger charge is -2.21. The van der Waals surface area contributed by atoms with Gasteiger partial charge in [0.1, 0.15) is 4.90 Å². The van der Waals surface area contributed by atoms with E-state index in [4.69, 9.17) is 0 Å². The Morgan fingerprint density at radius 2 is 1.77 bits per heavy atom. The Balaban J connectivity index is 1.77. The van der Waals surface area contributed by atoms with Crippen LogP contribution in [0.3, 0.4) is 0 Å². The maximum Gasteiger partial charge on any atom is 0.266 e. The number of para-hydroxylation sites is 1. The van der Waals surface area contributed by atoms with Crippen LogP contribution in [0.2, 0.25) is 0 Å². The van der Waals surface area contributed by atoms with Crippen LogP contribution in [0.25, 0.3) is 10.9 Å². The highest BCUT2D eigenvalue weighted by molar-refractivity contribution is 7.93. The molecule has 1 aliphatic heterocycles. The van der Waals surface area contributed by atoms with Gasteiger partial charge in [-0.3, -0.25) is 9.29 Å². The van der Waals surface area contributed by atoms with Gasteiger partial charge in [0.2, 0.25) is 10.0 Å². The maximum absolute atomic E-state index is 13.5. The molecule has 0 amide bonds. The SMILES string of the molecule is CCN(CC)S(=O)(=O)c1ccc2c(c1)CCN2S(=O)(=O)c1cccc2cc(C)cnc12. The van der Waals surface area contributed by atoms with E-state index in [1.54, 1.807) is 44.3 Å². The Labute approximate surface area is 183 Å². The van der Waals surface area contributed by atoms with Crippen LogP contribution < -0.4 is 4.31 Å². The smallest absolute Gasteiger partial charge is 0.266 e. The number of rotatable bonds is 6. The average molecular weight is 460 g/mol. The number of sulfonamides is 2. The van der Waals surface area contributed by atoms with Gasteiger partial charge in [-0.1, -0.05) is 26.0 Å². The molecule has 0 fully saturated rings. The van der Waals surface area contributed by atoms with Gasteiger partial charge in [-0.15, -0.1) is 0 Å². The molecule has 0 N–H and O–H groups in total. The molecule has 0 bridgehead atoms. The first-order valence-corrected chi connectivity index (χ1v) is 13.1. The molecule has 3 aromatic rings. The molecule has 4 rings (SSSR count). The van der Waals surface area contributed by atoms with Crippen molar-refractivity contribution in [1.82, 2.24) is 9.29 Å². The van der Waals surface area contributed by atoms with Crippen molar-refractivity contribution in [2.45, 2.75) is 37.0 Å². The summed E-state index contributed by atoms with van der Waals surface area (Å²) in [5, 5.41) is 0.765. The zero-order chi connectivity index (χ0) is 22.4. The highest BCUT2D eigenvalue weighted by Gasteiger charge is 2.33. The van der Waals surface area contributed by atoms with Crippen LogP contribution >= 0.6 is 0 Å². The number of anilines is 1. The summed E-state index contributed by atoms with van der Waals surface area (Å²) in [6, 6.07) is 11.7. The fourth-order valence-corrected chi connectivity index (χ4v) is 7.22. The normalized spacial score (nSPS) is 14.4. The van der Waals surface area contributed by atoms with Gasteiger partial charge in [0.15, 0.2) is 0 Å². The van der Waals surface area contributed by atoms with Gasteiger partial charge in [-0.25, -0.2) is 16.8 Å². The third-order valence-corrected chi connectivity index (χ3v) is 9.52. The van der Waals surface area contributed by atoms with Crippen LogP contribution in [0, 0.1) is 6.92 Å². The molecule has 0 atom stereocenters. The van der Waals surface area contributed by atoms with Gasteiger partial charge in [-0.05, 0) is 54.8 Å². The van der Waals surface area contributed by atoms with Crippen molar-refractivity contribution in [3.63, 3.8) is 0 Å². The molecule has 2 aromatic carbocycles. The number of nitrogens with zero attached hydrogens (tertiary/aromatic N) is 3. The monoisotopic (exact) mass is 459 g/mol. The molecule has 164 valence electrons. The van der Waals surface area contributed by atoms with Crippen molar-refractivity contribution in [3.8, 4) is 0 Å². The number of hydrogen-bond acceptors (Lipinski definition) is 5. The zero-order valence-electron chi connectivity index (χ0n) is 17.7. The summed E-state index contributed by atoms with van der Waals surface area (Å²) in [5.41, 5.74) is 2.61. The first-order chi connectivity index (χ1) is 14.7. The van der Waals surface area contributed by atoms with E-state index in [-0.39, 0.29) is 16.3 Å². The highest BCUT2D eigenvalue weighted by atomic mass is 32.2. The molecule has 31 heavy (non-hydrogen) atoms. The summed E-state index contributed by atoms with van der Waals surface area (Å²) < 4.78 is 55.5. The molecule has 0 spiro atoms. The lowest BCUT2D eigenvalue weighted by atomic mass is 10.2. The number of fused-ring (bicyclic) bond motifs is 2. The predicted octanol–water partition coefficient (Wildman–Crippen LogP) is 3.33. The molecular weight excluding hydrogens is 434 g/mol. The van der Waals surface area contributed by atoms with Gasteiger partial charge in [0, 0.05) is 31.2 Å². The van der Waals surface area contributed by atoms with E-state index in [1.165, 1.54) is 14.7 Å². The van der Waals surface area contributed by atoms with E-state index < -0.39 is 20.0 Å². The van der Waals surface area contributed by atoms with Crippen LogP contribution in [0.15, 0.2) is 58.5 Å². The summed E-state index contributed by atoms with van der Waals surface area (Å²) >= 11 is 0. The van der Waals surface area contributed by atoms with E-state index >= 15 is 0 Å². The van der Waals surface area contributed by atoms with Crippen molar-refractivity contribution in [2.24, 2.45) is 0 Å². The number of pyridine rings is 1. The minimum atomic E-state index is -3.85. The molecule has 7 nitrogen and oxygen atoms in total. The molecule has 0 aliphatic carbocycles. The van der Waals surface area contributed by atoms with Gasteiger partial charge in [0.05, 0.1) is 16.1 Å². The fraction of sp³-hybridized carbons (Fsp3) is 0.318. The molecular formula is C22H25N3O4S2. The van der Waals surface area contributed by atoms with E-state index in [9.17, 15) is 16.8 Å². The number of aromatic nitrogens is 1. The van der Waals surface area contributed by atoms with Crippen LogP contribution in [-0.2, 0) is 26.5 Å². The largest absolute Gasteiger partial charge is 0.266 e. The van der Waals surface area contributed by atoms with Gasteiger partial charge < -0.3 is 0 Å².